The number of amides is 2. The summed E-state index contributed by atoms with van der Waals surface area (Å²) < 4.78 is 5.09. The zero-order valence-electron chi connectivity index (χ0n) is 51.8. The molecule has 0 aromatic heterocycles. The first-order valence-corrected chi connectivity index (χ1v) is 30.9. The van der Waals surface area contributed by atoms with Gasteiger partial charge in [0.15, 0.2) is 6.10 Å². The molecule has 12 aromatic rings. The van der Waals surface area contributed by atoms with E-state index in [0.717, 1.165) is 106 Å². The molecule has 95 heavy (non-hydrogen) atoms. The molecule has 1 unspecified atom stereocenters. The highest BCUT2D eigenvalue weighted by molar-refractivity contribution is 6.00. The number of hydrogen-bond acceptors (Lipinski definition) is 11. The predicted octanol–water partition coefficient (Wildman–Crippen LogP) is 16.7. The van der Waals surface area contributed by atoms with Gasteiger partial charge in [-0.05, 0) is 179 Å². The number of phenolic OH excluding ortho intramolecular Hbond substituents is 4. The molecule has 1 saturated heterocycles. The second kappa shape index (κ2) is 32.4. The van der Waals surface area contributed by atoms with Crippen LogP contribution in [0.15, 0.2) is 291 Å². The van der Waals surface area contributed by atoms with Crippen molar-refractivity contribution in [2.24, 2.45) is 5.90 Å². The lowest BCUT2D eigenvalue weighted by atomic mass is 9.92. The van der Waals surface area contributed by atoms with Gasteiger partial charge in [-0.3, -0.25) is 14.9 Å². The molecule has 12 aromatic carbocycles. The van der Waals surface area contributed by atoms with Gasteiger partial charge in [0.05, 0.1) is 13.0 Å². The number of nitrogens with one attached hydrogen (secondary N) is 1. The summed E-state index contributed by atoms with van der Waals surface area (Å²) in [6, 6.07) is 92.8. The van der Waals surface area contributed by atoms with E-state index in [1.54, 1.807) is 60.7 Å². The molecule has 1 heterocycles. The van der Waals surface area contributed by atoms with Gasteiger partial charge < -0.3 is 40.2 Å². The number of imide groups is 1. The molecule has 0 aliphatic carbocycles. The van der Waals surface area contributed by atoms with Crippen LogP contribution in [-0.4, -0.2) is 67.9 Å². The molecule has 13 nitrogen and oxygen atoms in total. The molecule has 0 saturated carbocycles. The van der Waals surface area contributed by atoms with Crippen molar-refractivity contribution in [2.75, 3.05) is 13.2 Å². The minimum absolute atomic E-state index is 0.0638. The van der Waals surface area contributed by atoms with Crippen LogP contribution in [-0.2, 0) is 44.8 Å². The van der Waals surface area contributed by atoms with Gasteiger partial charge >= 0.3 is 12.1 Å². The Hall–Kier alpha value is -11.9. The molecule has 0 bridgehead atoms. The fraction of sp³-hybridized carbons (Fsp3) is 0.0854. The maximum atomic E-state index is 11.9. The number of aromatic hydroxyl groups is 4. The van der Waals surface area contributed by atoms with Crippen LogP contribution < -0.4 is 11.2 Å². The molecule has 13 rings (SSSR count). The third kappa shape index (κ3) is 18.0. The van der Waals surface area contributed by atoms with Gasteiger partial charge in [-0.2, -0.15) is 0 Å². The highest BCUT2D eigenvalue weighted by Gasteiger charge is 2.33. The number of carbonyl (C=O) groups is 3. The van der Waals surface area contributed by atoms with Crippen molar-refractivity contribution in [3.8, 4) is 112 Å². The third-order valence-corrected chi connectivity index (χ3v) is 15.9. The first-order chi connectivity index (χ1) is 46.3. The van der Waals surface area contributed by atoms with Crippen LogP contribution in [0.5, 0.6) is 23.0 Å². The van der Waals surface area contributed by atoms with E-state index in [1.165, 1.54) is 5.56 Å². The van der Waals surface area contributed by atoms with Gasteiger partial charge in [-0.25, -0.2) is 10.7 Å². The van der Waals surface area contributed by atoms with E-state index < -0.39 is 24.1 Å². The number of carbonyl (C=O) groups excluding carboxylic acids is 2. The van der Waals surface area contributed by atoms with E-state index in [4.69, 9.17) is 15.5 Å². The lowest BCUT2D eigenvalue weighted by Gasteiger charge is -2.15. The minimum Gasteiger partial charge on any atom is -0.508 e. The number of ether oxygens (including phenoxy) is 1. The zero-order chi connectivity index (χ0) is 66.5. The zero-order valence-corrected chi connectivity index (χ0v) is 51.8. The summed E-state index contributed by atoms with van der Waals surface area (Å²) >= 11 is 0. The Morgan fingerprint density at radius 3 is 1.01 bits per heavy atom. The second-order valence-electron chi connectivity index (χ2n) is 22.4. The summed E-state index contributed by atoms with van der Waals surface area (Å²) in [5.41, 5.74) is 19.9. The molecule has 13 heteroatoms. The van der Waals surface area contributed by atoms with Crippen molar-refractivity contribution in [2.45, 2.75) is 31.8 Å². The third-order valence-electron chi connectivity index (χ3n) is 15.9. The number of nitrogens with two attached hydrogens (primary N) is 1. The Morgan fingerprint density at radius 2 is 0.695 bits per heavy atom. The number of cyclic esters (lactones) is 1. The fourth-order valence-corrected chi connectivity index (χ4v) is 11.3. The summed E-state index contributed by atoms with van der Waals surface area (Å²) in [5.74, 6) is 4.72. The van der Waals surface area contributed by atoms with Gasteiger partial charge in [-0.1, -0.05) is 237 Å². The highest BCUT2D eigenvalue weighted by Crippen LogP contribution is 2.36. The standard InChI is InChI=1S/C22H17NO4.C20H19NO2.C20H16O3.C20H18O2/c24-18-8-4-7-16(12-18)19-10-9-15(14-5-2-1-3-6-14)11-17(19)13-20-21(25)23-22(26)27-20;21-23-12-11-18-13-16(15-5-2-1-3-6-15)9-10-20(18)17-7-4-8-19(22)14-17;21-18-8-4-7-16(12-18)19-10-9-15(11-17(19)13-20(22)23)14-5-2-1-3-6-14;21-12-11-18-13-16(15-5-2-1-3-6-15)9-10-20(18)17-7-4-8-19(22)14-17/h1-12,20,24H,13H2,(H,23,25,26);1-10,13-14,22H,11-12,21H2;1-12,21H,13H2,(H,22,23);1-10,13-14,21-22H,11-12H2. The second-order valence-corrected chi connectivity index (χ2v) is 22.4. The Kier molecular flexibility index (Phi) is 22.5. The summed E-state index contributed by atoms with van der Waals surface area (Å²) in [4.78, 5) is 39.3. The van der Waals surface area contributed by atoms with Crippen LogP contribution in [0.4, 0.5) is 4.79 Å². The monoisotopic (exact) mass is 1260 g/mol. The molecule has 0 radical (unpaired) electrons. The van der Waals surface area contributed by atoms with Crippen molar-refractivity contribution in [1.82, 2.24) is 5.32 Å². The Balaban J connectivity index is 0.000000138. The number of aliphatic hydroxyl groups excluding tert-OH is 1. The quantitative estimate of drug-likeness (QED) is 0.0398. The van der Waals surface area contributed by atoms with Crippen LogP contribution in [0.3, 0.4) is 0 Å². The molecule has 0 spiro atoms. The van der Waals surface area contributed by atoms with Crippen molar-refractivity contribution >= 4 is 18.0 Å². The van der Waals surface area contributed by atoms with E-state index in [-0.39, 0.29) is 42.4 Å². The molecule has 1 atom stereocenters. The number of hydrogen-bond donors (Lipinski definition) is 8. The molecule has 1 fully saturated rings. The van der Waals surface area contributed by atoms with Gasteiger partial charge in [0.1, 0.15) is 23.0 Å². The van der Waals surface area contributed by atoms with Gasteiger partial charge in [0.2, 0.25) is 0 Å². The number of carboxylic acids is 1. The fourth-order valence-electron chi connectivity index (χ4n) is 11.3. The van der Waals surface area contributed by atoms with E-state index in [1.807, 2.05) is 170 Å². The van der Waals surface area contributed by atoms with Crippen molar-refractivity contribution < 1.29 is 54.6 Å². The molecule has 1 aliphatic rings. The number of aliphatic carboxylic acids is 1. The van der Waals surface area contributed by atoms with Crippen LogP contribution in [0.25, 0.3) is 89.0 Å². The van der Waals surface area contributed by atoms with Crippen molar-refractivity contribution in [3.63, 3.8) is 0 Å². The molecular weight excluding hydrogens is 1190 g/mol. The van der Waals surface area contributed by atoms with E-state index in [9.17, 15) is 45.0 Å². The first kappa shape index (κ1) is 66.1. The molecular formula is C82H70N2O11. The van der Waals surface area contributed by atoms with Crippen molar-refractivity contribution in [1.29, 1.82) is 0 Å². The van der Waals surface area contributed by atoms with Crippen LogP contribution >= 0.6 is 0 Å². The number of carboxylic acid groups (broad SMARTS) is 1. The maximum Gasteiger partial charge on any atom is 0.414 e. The summed E-state index contributed by atoms with van der Waals surface area (Å²) in [6.45, 7) is 0.550. The summed E-state index contributed by atoms with van der Waals surface area (Å²) in [6.07, 6.45) is -0.0920. The van der Waals surface area contributed by atoms with E-state index >= 15 is 0 Å². The molecule has 474 valence electrons. The average molecular weight is 1260 g/mol. The lowest BCUT2D eigenvalue weighted by Crippen LogP contribution is -2.26. The smallest absolute Gasteiger partial charge is 0.414 e. The number of aliphatic hydroxyl groups is 1. The van der Waals surface area contributed by atoms with Gasteiger partial charge in [0, 0.05) is 13.0 Å². The lowest BCUT2D eigenvalue weighted by molar-refractivity contribution is -0.136. The van der Waals surface area contributed by atoms with Crippen molar-refractivity contribution in [3.05, 3.63) is 313 Å². The SMILES string of the molecule is NOCCc1cc(-c2ccccc2)ccc1-c1cccc(O)c1.O=C(O)Cc1cc(-c2ccccc2)ccc1-c1cccc(O)c1.O=C1NC(=O)C(Cc2cc(-c3ccccc3)ccc2-c2cccc(O)c2)O1.OCCc1cc(-c2ccccc2)ccc1-c1cccc(O)c1. The van der Waals surface area contributed by atoms with E-state index in [2.05, 4.69) is 66.0 Å². The summed E-state index contributed by atoms with van der Waals surface area (Å²) in [5, 5.41) is 59.6. The molecule has 1 aliphatic heterocycles. The first-order valence-electron chi connectivity index (χ1n) is 30.9. The van der Waals surface area contributed by atoms with E-state index in [0.29, 0.717) is 19.4 Å². The van der Waals surface area contributed by atoms with Gasteiger partial charge in [0.25, 0.3) is 5.91 Å². The topological polar surface area (TPSA) is 229 Å². The number of benzene rings is 12. The Morgan fingerprint density at radius 1 is 0.379 bits per heavy atom. The van der Waals surface area contributed by atoms with Crippen LogP contribution in [0.1, 0.15) is 22.3 Å². The number of rotatable bonds is 17. The van der Waals surface area contributed by atoms with Crippen LogP contribution in [0.2, 0.25) is 0 Å². The number of phenols is 4. The number of alkyl carbamates (subject to hydrolysis) is 1. The predicted molar refractivity (Wildman–Crippen MR) is 374 cm³/mol. The summed E-state index contributed by atoms with van der Waals surface area (Å²) in [7, 11) is 0. The maximum absolute atomic E-state index is 11.9. The molecule has 2 amide bonds. The molecule has 9 N–H and O–H groups in total. The highest BCUT2D eigenvalue weighted by atomic mass is 16.6. The van der Waals surface area contributed by atoms with Crippen LogP contribution in [0, 0.1) is 0 Å². The normalized spacial score (nSPS) is 12.1. The Bertz CT molecular complexity index is 4560. The minimum atomic E-state index is -0.878. The van der Waals surface area contributed by atoms with Gasteiger partial charge in [-0.15, -0.1) is 0 Å². The largest absolute Gasteiger partial charge is 0.508 e. The average Bonchev–Trinajstić information content (AvgIpc) is 1.99. The Labute approximate surface area is 551 Å².